The zero-order valence-corrected chi connectivity index (χ0v) is 22.1. The summed E-state index contributed by atoms with van der Waals surface area (Å²) < 4.78 is 86.4. The maximum atomic E-state index is 13.6. The molecule has 2 aliphatic heterocycles. The van der Waals surface area contributed by atoms with Gasteiger partial charge >= 0.3 is 18.3 Å². The molecule has 1 aliphatic carbocycles. The Morgan fingerprint density at radius 1 is 1.15 bits per heavy atom. The van der Waals surface area contributed by atoms with E-state index in [0.29, 0.717) is 44.4 Å². The number of terminal acetylenes is 1. The smallest absolute Gasteiger partial charge is 0.413 e. The first-order chi connectivity index (χ1) is 18.8. The van der Waals surface area contributed by atoms with Gasteiger partial charge in [-0.25, -0.2) is 0 Å². The van der Waals surface area contributed by atoms with Gasteiger partial charge in [-0.15, -0.1) is 12.3 Å². The molecule has 3 aliphatic rings. The molecule has 1 aromatic carbocycles. The number of fused-ring (bicyclic) bond motifs is 1. The molecule has 1 saturated heterocycles. The molecule has 2 atom stereocenters. The molecular formula is C29H32F6N2O3. The van der Waals surface area contributed by atoms with Crippen LogP contribution in [-0.2, 0) is 11.2 Å². The van der Waals surface area contributed by atoms with Gasteiger partial charge in [0.05, 0.1) is 17.6 Å². The summed E-state index contributed by atoms with van der Waals surface area (Å²) in [5.41, 5.74) is -0.442. The molecular weight excluding hydrogens is 538 g/mol. The number of likely N-dealkylation sites (N-methyl/N-ethyl adjacent to an activating group) is 1. The fourth-order valence-electron chi connectivity index (χ4n) is 5.89. The van der Waals surface area contributed by atoms with Gasteiger partial charge < -0.3 is 14.7 Å². The lowest BCUT2D eigenvalue weighted by Crippen LogP contribution is -2.49. The minimum Gasteiger partial charge on any atom is -0.489 e. The molecule has 0 saturated carbocycles. The van der Waals surface area contributed by atoms with E-state index in [4.69, 9.17) is 11.2 Å². The van der Waals surface area contributed by atoms with Gasteiger partial charge in [-0.2, -0.15) is 26.3 Å². The van der Waals surface area contributed by atoms with Crippen molar-refractivity contribution in [1.29, 1.82) is 0 Å². The second-order valence-electron chi connectivity index (χ2n) is 10.7. The van der Waals surface area contributed by atoms with E-state index in [2.05, 4.69) is 10.8 Å². The molecule has 0 bridgehead atoms. The third-order valence-corrected chi connectivity index (χ3v) is 8.16. The number of aliphatic carboxylic acids is 1. The number of rotatable bonds is 7. The Hall–Kier alpha value is -3.13. The van der Waals surface area contributed by atoms with E-state index in [9.17, 15) is 36.2 Å². The van der Waals surface area contributed by atoms with Gasteiger partial charge in [0.2, 0.25) is 0 Å². The van der Waals surface area contributed by atoms with Crippen LogP contribution in [0.15, 0.2) is 41.0 Å². The number of benzene rings is 1. The Morgan fingerprint density at radius 3 is 2.45 bits per heavy atom. The van der Waals surface area contributed by atoms with Crippen molar-refractivity contribution in [3.05, 3.63) is 46.6 Å². The van der Waals surface area contributed by atoms with Crippen LogP contribution in [0, 0.1) is 24.2 Å². The van der Waals surface area contributed by atoms with Crippen molar-refractivity contribution < 1.29 is 41.0 Å². The zero-order valence-electron chi connectivity index (χ0n) is 22.1. The molecule has 1 aromatic rings. The van der Waals surface area contributed by atoms with Crippen LogP contribution >= 0.6 is 0 Å². The van der Waals surface area contributed by atoms with Crippen LogP contribution in [0.25, 0.3) is 0 Å². The van der Waals surface area contributed by atoms with Crippen molar-refractivity contribution in [1.82, 2.24) is 4.90 Å². The highest BCUT2D eigenvalue weighted by molar-refractivity contribution is 5.71. The van der Waals surface area contributed by atoms with Gasteiger partial charge in [0, 0.05) is 31.2 Å². The largest absolute Gasteiger partial charge is 0.489 e. The third-order valence-electron chi connectivity index (χ3n) is 8.16. The van der Waals surface area contributed by atoms with E-state index < -0.39 is 48.2 Å². The van der Waals surface area contributed by atoms with Crippen LogP contribution in [0.3, 0.4) is 0 Å². The monoisotopic (exact) mass is 570 g/mol. The summed E-state index contributed by atoms with van der Waals surface area (Å²) in [6, 6.07) is 5.53. The summed E-state index contributed by atoms with van der Waals surface area (Å²) >= 11 is 0. The van der Waals surface area contributed by atoms with Crippen molar-refractivity contribution in [2.24, 2.45) is 11.8 Å². The average Bonchev–Trinajstić information content (AvgIpc) is 2.88. The van der Waals surface area contributed by atoms with E-state index >= 15 is 0 Å². The molecule has 0 spiro atoms. The van der Waals surface area contributed by atoms with Gasteiger partial charge in [0.15, 0.2) is 0 Å². The maximum absolute atomic E-state index is 13.6. The van der Waals surface area contributed by atoms with E-state index in [1.807, 2.05) is 25.2 Å². The fraction of sp³-hybridized carbons (Fsp3) is 0.552. The number of halogens is 6. The highest BCUT2D eigenvalue weighted by atomic mass is 19.4. The number of alkyl halides is 6. The molecule has 0 aromatic heterocycles. The number of nitrogens with zero attached hydrogens (tertiary/aromatic N) is 2. The van der Waals surface area contributed by atoms with Gasteiger partial charge in [-0.1, -0.05) is 6.07 Å². The summed E-state index contributed by atoms with van der Waals surface area (Å²) in [4.78, 5) is 15.4. The Morgan fingerprint density at radius 2 is 1.85 bits per heavy atom. The number of allylic oxidation sites excluding steroid dienone is 2. The standard InChI is InChI=1S/C29H32F6N2O3/c1-3-4-20(27(38)39)13-18-5-8-26-24(14-18)36(2)25(17-40-26)19-9-11-37(12-10-19)16-21-15-22(28(30,31)32)6-7-23(21)29(33,34)35/h1,5,8,14-15,19-20,25H,4,6-7,9-13,16-17H2,2H3,(H,38,39)/t20-,25-/m0/s1. The molecule has 2 heterocycles. The SMILES string of the molecule is C#CC[C@@H](Cc1ccc2c(c1)N(C)[C@H](C1CCN(CC3=C(C(F)(F)F)CCC(C(F)(F)F)=C3)CC1)CO2)C(=O)O. The van der Waals surface area contributed by atoms with Gasteiger partial charge in [0.25, 0.3) is 0 Å². The van der Waals surface area contributed by atoms with Crippen LogP contribution in [0.1, 0.15) is 37.7 Å². The molecule has 5 nitrogen and oxygen atoms in total. The first-order valence-corrected chi connectivity index (χ1v) is 13.2. The minimum absolute atomic E-state index is 0.0118. The number of hydrogen-bond acceptors (Lipinski definition) is 4. The third kappa shape index (κ3) is 6.77. The Balaban J connectivity index is 1.42. The lowest BCUT2D eigenvalue weighted by molar-refractivity contribution is -0.141. The summed E-state index contributed by atoms with van der Waals surface area (Å²) in [7, 11) is 1.93. The van der Waals surface area contributed by atoms with Gasteiger partial charge in [-0.05, 0) is 80.5 Å². The number of carboxylic acids is 1. The van der Waals surface area contributed by atoms with Crippen LogP contribution in [0.5, 0.6) is 5.75 Å². The Labute approximate surface area is 229 Å². The highest BCUT2D eigenvalue weighted by Crippen LogP contribution is 2.42. The molecule has 218 valence electrons. The van der Waals surface area contributed by atoms with E-state index in [1.54, 1.807) is 4.90 Å². The number of carboxylic acid groups (broad SMARTS) is 1. The number of anilines is 1. The van der Waals surface area contributed by atoms with Crippen LogP contribution in [0.4, 0.5) is 32.0 Å². The number of ether oxygens (including phenoxy) is 1. The van der Waals surface area contributed by atoms with Crippen molar-refractivity contribution in [2.75, 3.05) is 38.2 Å². The second-order valence-corrected chi connectivity index (χ2v) is 10.7. The molecule has 0 amide bonds. The second kappa shape index (κ2) is 11.8. The van der Waals surface area contributed by atoms with E-state index in [1.165, 1.54) is 0 Å². The van der Waals surface area contributed by atoms with Crippen LogP contribution < -0.4 is 9.64 Å². The van der Waals surface area contributed by atoms with Crippen molar-refractivity contribution >= 4 is 11.7 Å². The van der Waals surface area contributed by atoms with Crippen LogP contribution in [0.2, 0.25) is 0 Å². The molecule has 1 N–H and O–H groups in total. The van der Waals surface area contributed by atoms with Crippen molar-refractivity contribution in [2.45, 2.75) is 56.9 Å². The van der Waals surface area contributed by atoms with E-state index in [0.717, 1.165) is 11.3 Å². The quantitative estimate of drug-likeness (QED) is 0.322. The molecule has 11 heteroatoms. The normalized spacial score (nSPS) is 21.8. The van der Waals surface area contributed by atoms with Gasteiger partial charge in [-0.3, -0.25) is 9.69 Å². The number of likely N-dealkylation sites (tertiary alicyclic amines) is 1. The highest BCUT2D eigenvalue weighted by Gasteiger charge is 2.42. The van der Waals surface area contributed by atoms with E-state index in [-0.39, 0.29) is 36.9 Å². The predicted molar refractivity (Wildman–Crippen MR) is 138 cm³/mol. The molecule has 0 radical (unpaired) electrons. The fourth-order valence-corrected chi connectivity index (χ4v) is 5.89. The Kier molecular flexibility index (Phi) is 8.78. The van der Waals surface area contributed by atoms with Gasteiger partial charge in [0.1, 0.15) is 12.4 Å². The maximum Gasteiger partial charge on any atom is 0.413 e. The predicted octanol–water partition coefficient (Wildman–Crippen LogP) is 6.00. The first kappa shape index (κ1) is 29.8. The molecule has 0 unspecified atom stereocenters. The average molecular weight is 571 g/mol. The summed E-state index contributed by atoms with van der Waals surface area (Å²) in [6.07, 6.45) is -2.92. The molecule has 4 rings (SSSR count). The number of piperidine rings is 1. The first-order valence-electron chi connectivity index (χ1n) is 13.2. The lowest BCUT2D eigenvalue weighted by Gasteiger charge is -2.43. The Bertz CT molecular complexity index is 1210. The topological polar surface area (TPSA) is 53.0 Å². The molecule has 40 heavy (non-hydrogen) atoms. The van der Waals surface area contributed by atoms with Crippen LogP contribution in [-0.4, -0.2) is 67.7 Å². The summed E-state index contributed by atoms with van der Waals surface area (Å²) in [6.45, 7) is 1.16. The number of carbonyl (C=O) groups is 1. The molecule has 1 fully saturated rings. The summed E-state index contributed by atoms with van der Waals surface area (Å²) in [5.74, 6) is 1.60. The summed E-state index contributed by atoms with van der Waals surface area (Å²) in [5, 5.41) is 9.45. The van der Waals surface area contributed by atoms with Crippen molar-refractivity contribution in [3.63, 3.8) is 0 Å². The lowest BCUT2D eigenvalue weighted by atomic mass is 9.86. The number of hydrogen-bond donors (Lipinski definition) is 1. The van der Waals surface area contributed by atoms with Crippen molar-refractivity contribution in [3.8, 4) is 18.1 Å². The minimum atomic E-state index is -4.67. The zero-order chi connectivity index (χ0) is 29.2.